The Morgan fingerprint density at radius 1 is 1.21 bits per heavy atom. The maximum atomic E-state index is 13.1. The molecule has 0 aromatic rings. The molecule has 2 fully saturated rings. The van der Waals surface area contributed by atoms with E-state index in [-0.39, 0.29) is 11.9 Å². The zero-order valence-corrected chi connectivity index (χ0v) is 22.0. The van der Waals surface area contributed by atoms with Crippen LogP contribution in [0.2, 0.25) is 0 Å². The molecule has 6 heteroatoms. The molecule has 0 aromatic carbocycles. The number of nitrogens with zero attached hydrogens (tertiary/aromatic N) is 2. The van der Waals surface area contributed by atoms with Crippen LogP contribution in [0.15, 0.2) is 11.1 Å². The number of nitrogens with one attached hydrogen (secondary N) is 2. The molecule has 3 rings (SSSR count). The number of allylic oxidation sites excluding steroid dienone is 1. The summed E-state index contributed by atoms with van der Waals surface area (Å²) < 4.78 is 5.14. The third kappa shape index (κ3) is 7.27. The fourth-order valence-corrected chi connectivity index (χ4v) is 6.48. The van der Waals surface area contributed by atoms with E-state index in [1.165, 1.54) is 45.1 Å². The molecular formula is C27H50N4O2. The van der Waals surface area contributed by atoms with Gasteiger partial charge in [0.25, 0.3) is 0 Å². The highest BCUT2D eigenvalue weighted by molar-refractivity contribution is 5.82. The lowest BCUT2D eigenvalue weighted by atomic mass is 9.71. The van der Waals surface area contributed by atoms with Crippen LogP contribution in [-0.2, 0) is 9.53 Å². The van der Waals surface area contributed by atoms with Gasteiger partial charge in [0.1, 0.15) is 0 Å². The van der Waals surface area contributed by atoms with Crippen LogP contribution in [0.1, 0.15) is 79.1 Å². The van der Waals surface area contributed by atoms with Gasteiger partial charge in [-0.25, -0.2) is 0 Å². The van der Waals surface area contributed by atoms with Gasteiger partial charge in [0.15, 0.2) is 0 Å². The van der Waals surface area contributed by atoms with Gasteiger partial charge < -0.3 is 20.3 Å². The van der Waals surface area contributed by atoms with Crippen molar-refractivity contribution in [1.82, 2.24) is 20.4 Å². The molecule has 1 aliphatic carbocycles. The van der Waals surface area contributed by atoms with E-state index in [0.29, 0.717) is 30.7 Å². The van der Waals surface area contributed by atoms with E-state index in [1.807, 2.05) is 0 Å². The van der Waals surface area contributed by atoms with E-state index in [4.69, 9.17) is 4.74 Å². The Hall–Kier alpha value is -0.950. The van der Waals surface area contributed by atoms with Gasteiger partial charge in [-0.3, -0.25) is 9.69 Å². The highest BCUT2D eigenvalue weighted by Crippen LogP contribution is 2.41. The lowest BCUT2D eigenvalue weighted by Crippen LogP contribution is -2.51. The van der Waals surface area contributed by atoms with Gasteiger partial charge in [-0.2, -0.15) is 0 Å². The van der Waals surface area contributed by atoms with Crippen molar-refractivity contribution in [3.8, 4) is 0 Å². The van der Waals surface area contributed by atoms with Gasteiger partial charge in [-0.05, 0) is 89.9 Å². The first-order valence-corrected chi connectivity index (χ1v) is 13.5. The van der Waals surface area contributed by atoms with Gasteiger partial charge in [0, 0.05) is 32.3 Å². The Balaban J connectivity index is 1.57. The maximum absolute atomic E-state index is 13.1. The molecule has 0 unspecified atom stereocenters. The first-order valence-electron chi connectivity index (χ1n) is 13.5. The van der Waals surface area contributed by atoms with Crippen molar-refractivity contribution >= 4 is 5.91 Å². The van der Waals surface area contributed by atoms with Crippen LogP contribution in [-0.4, -0.2) is 86.8 Å². The number of hydrogen-bond acceptors (Lipinski definition) is 5. The summed E-state index contributed by atoms with van der Waals surface area (Å²) in [6.45, 7) is 16.1. The van der Waals surface area contributed by atoms with E-state index < -0.39 is 0 Å². The summed E-state index contributed by atoms with van der Waals surface area (Å²) in [6, 6.07) is 0.893. The van der Waals surface area contributed by atoms with Crippen molar-refractivity contribution in [1.29, 1.82) is 0 Å². The minimum absolute atomic E-state index is 0.0193. The number of ether oxygens (including phenoxy) is 1. The molecule has 0 aromatic heterocycles. The van der Waals surface area contributed by atoms with Gasteiger partial charge in [0.2, 0.25) is 5.91 Å². The summed E-state index contributed by atoms with van der Waals surface area (Å²) in [7, 11) is 1.68. The number of rotatable bonds is 11. The predicted octanol–water partition coefficient (Wildman–Crippen LogP) is 3.57. The van der Waals surface area contributed by atoms with Crippen LogP contribution in [0.5, 0.6) is 0 Å². The SMILES string of the molecule is CCCN1CCC(N2C[C@H](NCCC3=C(C)CCCC3(C)C)C[C@H]2C(=O)NCCOC)CC1. The molecular weight excluding hydrogens is 412 g/mol. The minimum atomic E-state index is -0.0193. The number of likely N-dealkylation sites (tertiary alicyclic amines) is 2. The number of hydrogen-bond donors (Lipinski definition) is 2. The van der Waals surface area contributed by atoms with E-state index in [9.17, 15) is 4.79 Å². The maximum Gasteiger partial charge on any atom is 0.237 e. The van der Waals surface area contributed by atoms with Gasteiger partial charge in [-0.15, -0.1) is 0 Å². The monoisotopic (exact) mass is 462 g/mol. The molecule has 2 aliphatic heterocycles. The molecule has 0 saturated carbocycles. The largest absolute Gasteiger partial charge is 0.383 e. The van der Waals surface area contributed by atoms with Crippen LogP contribution < -0.4 is 10.6 Å². The van der Waals surface area contributed by atoms with E-state index in [2.05, 4.69) is 48.1 Å². The summed E-state index contributed by atoms with van der Waals surface area (Å²) in [5.41, 5.74) is 3.60. The van der Waals surface area contributed by atoms with Gasteiger partial charge in [0.05, 0.1) is 12.6 Å². The Morgan fingerprint density at radius 3 is 2.64 bits per heavy atom. The Labute approximate surface area is 202 Å². The van der Waals surface area contributed by atoms with Crippen molar-refractivity contribution in [2.45, 2.75) is 97.2 Å². The second-order valence-electron chi connectivity index (χ2n) is 11.2. The van der Waals surface area contributed by atoms with Crippen LogP contribution in [0.4, 0.5) is 0 Å². The summed E-state index contributed by atoms with van der Waals surface area (Å²) in [5, 5.41) is 6.96. The average Bonchev–Trinajstić information content (AvgIpc) is 3.21. The molecule has 1 amide bonds. The summed E-state index contributed by atoms with van der Waals surface area (Å²) in [6.07, 6.45) is 9.50. The average molecular weight is 463 g/mol. The van der Waals surface area contributed by atoms with Gasteiger partial charge >= 0.3 is 0 Å². The molecule has 190 valence electrons. The molecule has 2 heterocycles. The summed E-state index contributed by atoms with van der Waals surface area (Å²) in [5.74, 6) is 0.180. The fourth-order valence-electron chi connectivity index (χ4n) is 6.48. The molecule has 0 bridgehead atoms. The van der Waals surface area contributed by atoms with Crippen molar-refractivity contribution < 1.29 is 9.53 Å². The Bertz CT molecular complexity index is 655. The Morgan fingerprint density at radius 2 is 1.97 bits per heavy atom. The number of piperidine rings is 1. The van der Waals surface area contributed by atoms with Crippen molar-refractivity contribution in [2.24, 2.45) is 5.41 Å². The summed E-state index contributed by atoms with van der Waals surface area (Å²) in [4.78, 5) is 18.2. The van der Waals surface area contributed by atoms with Crippen LogP contribution >= 0.6 is 0 Å². The number of carbonyl (C=O) groups is 1. The number of amides is 1. The highest BCUT2D eigenvalue weighted by Gasteiger charge is 2.41. The third-order valence-corrected chi connectivity index (χ3v) is 8.31. The quantitative estimate of drug-likeness (QED) is 0.363. The summed E-state index contributed by atoms with van der Waals surface area (Å²) >= 11 is 0. The van der Waals surface area contributed by atoms with Crippen LogP contribution in [0.3, 0.4) is 0 Å². The number of carbonyl (C=O) groups excluding carboxylic acids is 1. The standard InChI is InChI=1S/C27H50N4O2/c1-6-15-30-16-10-23(11-17-30)31-20-22(19-25(31)26(32)29-14-18-33-5)28-13-9-24-21(2)8-7-12-27(24,3)4/h22-23,25,28H,6-20H2,1-5H3,(H,29,32)/t22-,25+/m1/s1. The Kier molecular flexibility index (Phi) is 10.2. The predicted molar refractivity (Wildman–Crippen MR) is 136 cm³/mol. The van der Waals surface area contributed by atoms with Crippen molar-refractivity contribution in [2.75, 3.05) is 53.0 Å². The zero-order chi connectivity index (χ0) is 23.8. The van der Waals surface area contributed by atoms with Gasteiger partial charge in [-0.1, -0.05) is 31.9 Å². The molecule has 3 aliphatic rings. The van der Waals surface area contributed by atoms with Crippen molar-refractivity contribution in [3.63, 3.8) is 0 Å². The highest BCUT2D eigenvalue weighted by atomic mass is 16.5. The first kappa shape index (κ1) is 26.7. The smallest absolute Gasteiger partial charge is 0.237 e. The molecule has 2 saturated heterocycles. The van der Waals surface area contributed by atoms with E-state index >= 15 is 0 Å². The second-order valence-corrected chi connectivity index (χ2v) is 11.2. The molecule has 0 radical (unpaired) electrons. The fraction of sp³-hybridized carbons (Fsp3) is 0.889. The third-order valence-electron chi connectivity index (χ3n) is 8.31. The molecule has 33 heavy (non-hydrogen) atoms. The normalized spacial score (nSPS) is 27.3. The molecule has 2 N–H and O–H groups in total. The van der Waals surface area contributed by atoms with E-state index in [1.54, 1.807) is 18.3 Å². The van der Waals surface area contributed by atoms with Crippen LogP contribution in [0, 0.1) is 5.41 Å². The zero-order valence-electron chi connectivity index (χ0n) is 22.0. The van der Waals surface area contributed by atoms with Crippen molar-refractivity contribution in [3.05, 3.63) is 11.1 Å². The number of methoxy groups -OCH3 is 1. The molecule has 2 atom stereocenters. The molecule has 0 spiro atoms. The molecule has 6 nitrogen and oxygen atoms in total. The van der Waals surface area contributed by atoms with E-state index in [0.717, 1.165) is 39.0 Å². The topological polar surface area (TPSA) is 56.8 Å². The second kappa shape index (κ2) is 12.7. The minimum Gasteiger partial charge on any atom is -0.383 e. The van der Waals surface area contributed by atoms with Crippen LogP contribution in [0.25, 0.3) is 0 Å². The lowest BCUT2D eigenvalue weighted by molar-refractivity contribution is -0.126. The first-order chi connectivity index (χ1) is 15.9. The lowest BCUT2D eigenvalue weighted by Gasteiger charge is -2.39.